The van der Waals surface area contributed by atoms with E-state index in [2.05, 4.69) is 15.0 Å². The van der Waals surface area contributed by atoms with Crippen LogP contribution in [-0.2, 0) is 0 Å². The highest BCUT2D eigenvalue weighted by atomic mass is 32.1. The van der Waals surface area contributed by atoms with Crippen LogP contribution in [0.1, 0.15) is 10.4 Å². The number of carbonyl (C=O) groups is 1. The second-order valence-electron chi connectivity index (χ2n) is 3.89. The van der Waals surface area contributed by atoms with Crippen molar-refractivity contribution in [2.24, 2.45) is 0 Å². The number of carbonyl (C=O) groups excluding carboxylic acids is 1. The zero-order valence-electron chi connectivity index (χ0n) is 10.3. The molecule has 0 saturated carbocycles. The number of pyridine rings is 2. The van der Waals surface area contributed by atoms with Gasteiger partial charge in [0.1, 0.15) is 0 Å². The summed E-state index contributed by atoms with van der Waals surface area (Å²) in [5, 5.41) is 2.06. The van der Waals surface area contributed by atoms with E-state index in [1.54, 1.807) is 36.2 Å². The molecule has 0 radical (unpaired) electrons. The van der Waals surface area contributed by atoms with Gasteiger partial charge < -0.3 is 4.74 Å². The van der Waals surface area contributed by atoms with E-state index < -0.39 is 5.97 Å². The summed E-state index contributed by atoms with van der Waals surface area (Å²) in [5.74, 6) is -0.474. The Kier molecular flexibility index (Phi) is 3.47. The van der Waals surface area contributed by atoms with Crippen LogP contribution in [0.4, 0.5) is 0 Å². The fourth-order valence-electron chi connectivity index (χ4n) is 1.64. The zero-order chi connectivity index (χ0) is 13.8. The fraction of sp³-hybridized carbons (Fsp3) is 0. The van der Waals surface area contributed by atoms with Crippen LogP contribution in [0, 0.1) is 0 Å². The number of ether oxygens (including phenoxy) is 1. The molecule has 0 aliphatic rings. The van der Waals surface area contributed by atoms with Crippen molar-refractivity contribution in [3.63, 3.8) is 0 Å². The maximum Gasteiger partial charge on any atom is 0.347 e. The SMILES string of the molecule is O=C(Oc1nccs1)c1cncc(-c2cccnc2)c1. The summed E-state index contributed by atoms with van der Waals surface area (Å²) in [6, 6.07) is 5.45. The Morgan fingerprint density at radius 2 is 2.00 bits per heavy atom. The number of aromatic nitrogens is 3. The van der Waals surface area contributed by atoms with Gasteiger partial charge in [0.2, 0.25) is 0 Å². The number of thiazole rings is 1. The Labute approximate surface area is 118 Å². The molecule has 0 spiro atoms. The van der Waals surface area contributed by atoms with Crippen molar-refractivity contribution in [2.45, 2.75) is 0 Å². The lowest BCUT2D eigenvalue weighted by Crippen LogP contribution is -2.08. The molecule has 0 aromatic carbocycles. The molecule has 0 aliphatic heterocycles. The summed E-state index contributed by atoms with van der Waals surface area (Å²) in [4.78, 5) is 24.0. The topological polar surface area (TPSA) is 65.0 Å². The fourth-order valence-corrected chi connectivity index (χ4v) is 2.13. The normalized spacial score (nSPS) is 10.2. The molecule has 3 aromatic rings. The third-order valence-corrected chi connectivity index (χ3v) is 3.21. The molecule has 3 aromatic heterocycles. The minimum absolute atomic E-state index is 0.321. The van der Waals surface area contributed by atoms with E-state index in [4.69, 9.17) is 4.74 Å². The third kappa shape index (κ3) is 2.70. The lowest BCUT2D eigenvalue weighted by Gasteiger charge is -2.03. The molecule has 6 heteroatoms. The van der Waals surface area contributed by atoms with Gasteiger partial charge in [-0.25, -0.2) is 9.78 Å². The van der Waals surface area contributed by atoms with Gasteiger partial charge in [0.15, 0.2) is 0 Å². The van der Waals surface area contributed by atoms with E-state index in [0.717, 1.165) is 11.1 Å². The Morgan fingerprint density at radius 1 is 1.10 bits per heavy atom. The van der Waals surface area contributed by atoms with Gasteiger partial charge >= 0.3 is 5.97 Å². The molecule has 0 amide bonds. The summed E-state index contributed by atoms with van der Waals surface area (Å²) >= 11 is 1.26. The van der Waals surface area contributed by atoms with Gasteiger partial charge in [-0.3, -0.25) is 9.97 Å². The molecule has 0 saturated heterocycles. The molecule has 0 bridgehead atoms. The molecule has 5 nitrogen and oxygen atoms in total. The highest BCUT2D eigenvalue weighted by molar-refractivity contribution is 7.11. The standard InChI is InChI=1S/C14H9N3O2S/c18-13(19-14-17-4-5-20-14)12-6-11(8-16-9-12)10-2-1-3-15-7-10/h1-9H. The maximum absolute atomic E-state index is 12.0. The highest BCUT2D eigenvalue weighted by Crippen LogP contribution is 2.20. The molecule has 0 unspecified atom stereocenters. The molecule has 20 heavy (non-hydrogen) atoms. The number of hydrogen-bond donors (Lipinski definition) is 0. The van der Waals surface area contributed by atoms with Crippen LogP contribution >= 0.6 is 11.3 Å². The Balaban J connectivity index is 1.86. The molecule has 98 valence electrons. The van der Waals surface area contributed by atoms with Crippen LogP contribution in [0.2, 0.25) is 0 Å². The van der Waals surface area contributed by atoms with Gasteiger partial charge in [-0.2, -0.15) is 0 Å². The van der Waals surface area contributed by atoms with Crippen LogP contribution in [-0.4, -0.2) is 20.9 Å². The molecule has 3 heterocycles. The van der Waals surface area contributed by atoms with E-state index in [-0.39, 0.29) is 0 Å². The summed E-state index contributed by atoms with van der Waals surface area (Å²) in [6.07, 6.45) is 8.13. The number of esters is 1. The lowest BCUT2D eigenvalue weighted by molar-refractivity contribution is 0.0734. The summed E-state index contributed by atoms with van der Waals surface area (Å²) < 4.78 is 5.14. The number of rotatable bonds is 3. The monoisotopic (exact) mass is 283 g/mol. The molecule has 0 fully saturated rings. The van der Waals surface area contributed by atoms with E-state index in [1.165, 1.54) is 17.5 Å². The maximum atomic E-state index is 12.0. The molecule has 0 atom stereocenters. The van der Waals surface area contributed by atoms with Crippen LogP contribution < -0.4 is 4.74 Å². The average molecular weight is 283 g/mol. The first-order valence-corrected chi connectivity index (χ1v) is 6.68. The second-order valence-corrected chi connectivity index (χ2v) is 4.75. The van der Waals surface area contributed by atoms with Crippen molar-refractivity contribution >= 4 is 17.3 Å². The van der Waals surface area contributed by atoms with Crippen molar-refractivity contribution in [1.82, 2.24) is 15.0 Å². The van der Waals surface area contributed by atoms with Crippen molar-refractivity contribution in [3.05, 3.63) is 60.1 Å². The quantitative estimate of drug-likeness (QED) is 0.691. The van der Waals surface area contributed by atoms with Crippen LogP contribution in [0.3, 0.4) is 0 Å². The van der Waals surface area contributed by atoms with Gasteiger partial charge in [0, 0.05) is 47.5 Å². The third-order valence-electron chi connectivity index (χ3n) is 2.56. The summed E-state index contributed by atoms with van der Waals surface area (Å²) in [5.41, 5.74) is 2.08. The largest absolute Gasteiger partial charge is 0.394 e. The van der Waals surface area contributed by atoms with E-state index in [1.807, 2.05) is 12.1 Å². The number of nitrogens with zero attached hydrogens (tertiary/aromatic N) is 3. The first-order valence-electron chi connectivity index (χ1n) is 5.80. The molecule has 3 rings (SSSR count). The van der Waals surface area contributed by atoms with Crippen molar-refractivity contribution in [2.75, 3.05) is 0 Å². The smallest absolute Gasteiger partial charge is 0.347 e. The van der Waals surface area contributed by atoms with Gasteiger partial charge in [-0.1, -0.05) is 17.4 Å². The molecular formula is C14H9N3O2S. The minimum atomic E-state index is -0.474. The summed E-state index contributed by atoms with van der Waals surface area (Å²) in [6.45, 7) is 0. The van der Waals surface area contributed by atoms with Crippen molar-refractivity contribution in [3.8, 4) is 16.3 Å². The zero-order valence-corrected chi connectivity index (χ0v) is 11.1. The second kappa shape index (κ2) is 5.58. The van der Waals surface area contributed by atoms with Crippen molar-refractivity contribution < 1.29 is 9.53 Å². The highest BCUT2D eigenvalue weighted by Gasteiger charge is 2.11. The van der Waals surface area contributed by atoms with Gasteiger partial charge in [0.25, 0.3) is 5.19 Å². The van der Waals surface area contributed by atoms with Crippen LogP contribution in [0.15, 0.2) is 54.6 Å². The van der Waals surface area contributed by atoms with Gasteiger partial charge in [0.05, 0.1) is 5.56 Å². The first kappa shape index (κ1) is 12.4. The average Bonchev–Trinajstić information content (AvgIpc) is 3.01. The van der Waals surface area contributed by atoms with E-state index >= 15 is 0 Å². The van der Waals surface area contributed by atoms with Crippen LogP contribution in [0.25, 0.3) is 11.1 Å². The Bertz CT molecular complexity index is 714. The first-order chi connectivity index (χ1) is 9.83. The minimum Gasteiger partial charge on any atom is -0.394 e. The Morgan fingerprint density at radius 3 is 2.75 bits per heavy atom. The molecule has 0 N–H and O–H groups in total. The predicted molar refractivity (Wildman–Crippen MR) is 74.5 cm³/mol. The van der Waals surface area contributed by atoms with Gasteiger partial charge in [-0.15, -0.1) is 0 Å². The van der Waals surface area contributed by atoms with Crippen LogP contribution in [0.5, 0.6) is 5.19 Å². The van der Waals surface area contributed by atoms with Gasteiger partial charge in [-0.05, 0) is 12.1 Å². The van der Waals surface area contributed by atoms with E-state index in [9.17, 15) is 4.79 Å². The van der Waals surface area contributed by atoms with Crippen molar-refractivity contribution in [1.29, 1.82) is 0 Å². The molecule has 0 aliphatic carbocycles. The van der Waals surface area contributed by atoms with E-state index in [0.29, 0.717) is 10.8 Å². The molecular weight excluding hydrogens is 274 g/mol. The number of hydrogen-bond acceptors (Lipinski definition) is 6. The summed E-state index contributed by atoms with van der Waals surface area (Å²) in [7, 11) is 0. The Hall–Kier alpha value is -2.60. The lowest BCUT2D eigenvalue weighted by atomic mass is 10.1. The predicted octanol–water partition coefficient (Wildman–Crippen LogP) is 2.82.